The van der Waals surface area contributed by atoms with Gasteiger partial charge in [0.1, 0.15) is 21.9 Å². The normalized spacial score (nSPS) is 11.3. The Morgan fingerprint density at radius 3 is 2.73 bits per heavy atom. The summed E-state index contributed by atoms with van der Waals surface area (Å²) in [4.78, 5) is 24.1. The molecule has 6 nitrogen and oxygen atoms in total. The zero-order chi connectivity index (χ0) is 20.7. The highest BCUT2D eigenvalue weighted by molar-refractivity contribution is 7.22. The molecule has 0 aliphatic carbocycles. The molecule has 30 heavy (non-hydrogen) atoms. The molecular weight excluding hydrogens is 418 g/mol. The number of nitrogens with zero attached hydrogens (tertiary/aromatic N) is 3. The van der Waals surface area contributed by atoms with Crippen molar-refractivity contribution < 1.29 is 9.15 Å². The first-order valence-electron chi connectivity index (χ1n) is 9.26. The van der Waals surface area contributed by atoms with Gasteiger partial charge in [-0.25, -0.2) is 9.97 Å². The maximum atomic E-state index is 13.1. The molecule has 0 spiro atoms. The van der Waals surface area contributed by atoms with Crippen molar-refractivity contribution in [3.05, 3.63) is 76.0 Å². The summed E-state index contributed by atoms with van der Waals surface area (Å²) >= 11 is 3.01. The molecule has 0 aliphatic rings. The zero-order valence-corrected chi connectivity index (χ0v) is 17.9. The molecule has 8 heteroatoms. The Bertz CT molecular complexity index is 1380. The van der Waals surface area contributed by atoms with E-state index in [4.69, 9.17) is 9.15 Å². The van der Waals surface area contributed by atoms with E-state index in [2.05, 4.69) is 9.97 Å². The van der Waals surface area contributed by atoms with Gasteiger partial charge < -0.3 is 9.15 Å². The lowest BCUT2D eigenvalue weighted by molar-refractivity contribution is 0.415. The van der Waals surface area contributed by atoms with Crippen LogP contribution in [-0.2, 0) is 6.54 Å². The zero-order valence-electron chi connectivity index (χ0n) is 16.3. The summed E-state index contributed by atoms with van der Waals surface area (Å²) in [7, 11) is 1.64. The molecule has 0 saturated heterocycles. The number of oxazole rings is 1. The Kier molecular flexibility index (Phi) is 4.72. The second-order valence-electron chi connectivity index (χ2n) is 6.73. The minimum atomic E-state index is -0.0789. The smallest absolute Gasteiger partial charge is 0.271 e. The molecule has 4 aromatic heterocycles. The van der Waals surface area contributed by atoms with E-state index in [9.17, 15) is 4.79 Å². The van der Waals surface area contributed by atoms with Crippen LogP contribution >= 0.6 is 22.7 Å². The van der Waals surface area contributed by atoms with Crippen molar-refractivity contribution in [3.63, 3.8) is 0 Å². The van der Waals surface area contributed by atoms with Gasteiger partial charge in [0.15, 0.2) is 0 Å². The summed E-state index contributed by atoms with van der Waals surface area (Å²) in [6.07, 6.45) is 1.58. The fourth-order valence-electron chi connectivity index (χ4n) is 3.20. The Morgan fingerprint density at radius 2 is 2.00 bits per heavy atom. The molecule has 1 aromatic carbocycles. The van der Waals surface area contributed by atoms with Crippen LogP contribution in [0.25, 0.3) is 31.4 Å². The first kappa shape index (κ1) is 18.8. The summed E-state index contributed by atoms with van der Waals surface area (Å²) < 4.78 is 13.2. The number of fused-ring (bicyclic) bond motifs is 1. The predicted molar refractivity (Wildman–Crippen MR) is 120 cm³/mol. The SMILES string of the molecule is COc1ccc(-c2cc3ncn(Cc4nc(-c5cccs5)oc4C)c(=O)c3s2)cc1. The average Bonchev–Trinajstić information content (AvgIpc) is 3.50. The van der Waals surface area contributed by atoms with E-state index < -0.39 is 0 Å². The van der Waals surface area contributed by atoms with Crippen LogP contribution < -0.4 is 10.3 Å². The predicted octanol–water partition coefficient (Wildman–Crippen LogP) is 5.21. The molecule has 0 amide bonds. The number of thiophene rings is 2. The summed E-state index contributed by atoms with van der Waals surface area (Å²) in [5.41, 5.74) is 2.37. The highest BCUT2D eigenvalue weighted by atomic mass is 32.1. The number of aromatic nitrogens is 3. The largest absolute Gasteiger partial charge is 0.497 e. The van der Waals surface area contributed by atoms with Gasteiger partial charge in [-0.05, 0) is 54.3 Å². The summed E-state index contributed by atoms with van der Waals surface area (Å²) in [5, 5.41) is 1.98. The fourth-order valence-corrected chi connectivity index (χ4v) is 4.91. The van der Waals surface area contributed by atoms with Crippen LogP contribution in [0.4, 0.5) is 0 Å². The molecule has 0 N–H and O–H groups in total. The minimum Gasteiger partial charge on any atom is -0.497 e. The Morgan fingerprint density at radius 1 is 1.17 bits per heavy atom. The van der Waals surface area contributed by atoms with Crippen LogP contribution in [0.2, 0.25) is 0 Å². The van der Waals surface area contributed by atoms with Crippen LogP contribution in [-0.4, -0.2) is 21.6 Å². The van der Waals surface area contributed by atoms with Gasteiger partial charge in [-0.3, -0.25) is 9.36 Å². The highest BCUT2D eigenvalue weighted by Crippen LogP contribution is 2.32. The lowest BCUT2D eigenvalue weighted by Crippen LogP contribution is -2.20. The topological polar surface area (TPSA) is 70.2 Å². The highest BCUT2D eigenvalue weighted by Gasteiger charge is 2.15. The van der Waals surface area contributed by atoms with Crippen LogP contribution in [0.15, 0.2) is 63.4 Å². The van der Waals surface area contributed by atoms with Gasteiger partial charge in [-0.1, -0.05) is 6.07 Å². The van der Waals surface area contributed by atoms with Gasteiger partial charge in [0, 0.05) is 4.88 Å². The maximum Gasteiger partial charge on any atom is 0.271 e. The molecule has 0 radical (unpaired) electrons. The van der Waals surface area contributed by atoms with E-state index in [-0.39, 0.29) is 5.56 Å². The second-order valence-corrected chi connectivity index (χ2v) is 8.73. The lowest BCUT2D eigenvalue weighted by atomic mass is 10.2. The van der Waals surface area contributed by atoms with Crippen molar-refractivity contribution in [2.24, 2.45) is 0 Å². The standard InChI is InChI=1S/C22H17N3O3S2/c1-13-17(24-21(28-13)18-4-3-9-29-18)11-25-12-23-16-10-19(30-20(16)22(25)26)14-5-7-15(27-2)8-6-14/h3-10,12H,11H2,1-2H3. The van der Waals surface area contributed by atoms with Crippen molar-refractivity contribution in [1.82, 2.24) is 14.5 Å². The third kappa shape index (κ3) is 3.34. The monoisotopic (exact) mass is 435 g/mol. The molecule has 0 unspecified atom stereocenters. The number of rotatable bonds is 5. The Hall–Kier alpha value is -3.23. The van der Waals surface area contributed by atoms with E-state index in [1.807, 2.05) is 54.8 Å². The van der Waals surface area contributed by atoms with Gasteiger partial charge in [-0.15, -0.1) is 22.7 Å². The minimum absolute atomic E-state index is 0.0789. The number of hydrogen-bond donors (Lipinski definition) is 0. The first-order valence-corrected chi connectivity index (χ1v) is 11.0. The van der Waals surface area contributed by atoms with E-state index in [1.54, 1.807) is 29.3 Å². The molecule has 5 aromatic rings. The number of aryl methyl sites for hydroxylation is 1. The van der Waals surface area contributed by atoms with Gasteiger partial charge in [0.05, 0.1) is 30.4 Å². The maximum absolute atomic E-state index is 13.1. The van der Waals surface area contributed by atoms with E-state index in [1.165, 1.54) is 11.3 Å². The molecule has 0 aliphatic heterocycles. The molecule has 0 atom stereocenters. The molecule has 0 bridgehead atoms. The third-order valence-corrected chi connectivity index (χ3v) is 6.84. The molecule has 4 heterocycles. The van der Waals surface area contributed by atoms with Crippen LogP contribution in [0.5, 0.6) is 5.75 Å². The van der Waals surface area contributed by atoms with Gasteiger partial charge in [-0.2, -0.15) is 0 Å². The summed E-state index contributed by atoms with van der Waals surface area (Å²) in [6, 6.07) is 13.6. The average molecular weight is 436 g/mol. The fraction of sp³-hybridized carbons (Fsp3) is 0.136. The lowest BCUT2D eigenvalue weighted by Gasteiger charge is -2.02. The molecule has 5 rings (SSSR count). The van der Waals surface area contributed by atoms with Gasteiger partial charge >= 0.3 is 0 Å². The molecule has 0 fully saturated rings. The van der Waals surface area contributed by atoms with Crippen molar-refractivity contribution in [3.8, 4) is 27.0 Å². The van der Waals surface area contributed by atoms with E-state index in [0.717, 1.165) is 26.8 Å². The van der Waals surface area contributed by atoms with Crippen LogP contribution in [0, 0.1) is 6.92 Å². The van der Waals surface area contributed by atoms with Gasteiger partial charge in [0.25, 0.3) is 5.56 Å². The molecule has 0 saturated carbocycles. The number of hydrogen-bond acceptors (Lipinski definition) is 7. The number of ether oxygens (including phenoxy) is 1. The van der Waals surface area contributed by atoms with E-state index in [0.29, 0.717) is 28.4 Å². The van der Waals surface area contributed by atoms with Crippen molar-refractivity contribution in [2.75, 3.05) is 7.11 Å². The second kappa shape index (κ2) is 7.55. The van der Waals surface area contributed by atoms with Gasteiger partial charge in [0.2, 0.25) is 5.89 Å². The van der Waals surface area contributed by atoms with Crippen molar-refractivity contribution in [2.45, 2.75) is 13.5 Å². The Labute approximate surface area is 180 Å². The van der Waals surface area contributed by atoms with Crippen molar-refractivity contribution >= 4 is 32.9 Å². The van der Waals surface area contributed by atoms with Crippen LogP contribution in [0.1, 0.15) is 11.5 Å². The summed E-state index contributed by atoms with van der Waals surface area (Å²) in [6.45, 7) is 2.18. The quantitative estimate of drug-likeness (QED) is 0.379. The molecular formula is C22H17N3O3S2. The first-order chi connectivity index (χ1) is 14.6. The third-order valence-electron chi connectivity index (χ3n) is 4.82. The number of benzene rings is 1. The van der Waals surface area contributed by atoms with Crippen LogP contribution in [0.3, 0.4) is 0 Å². The Balaban J connectivity index is 1.49. The number of methoxy groups -OCH3 is 1. The summed E-state index contributed by atoms with van der Waals surface area (Å²) in [5.74, 6) is 2.08. The van der Waals surface area contributed by atoms with E-state index >= 15 is 0 Å². The van der Waals surface area contributed by atoms with Crippen molar-refractivity contribution in [1.29, 1.82) is 0 Å². The molecule has 150 valence electrons.